The minimum atomic E-state index is 0.490. The molecule has 23 heavy (non-hydrogen) atoms. The number of nitrogens with one attached hydrogen (secondary N) is 1. The molecule has 114 valence electrons. The lowest BCUT2D eigenvalue weighted by Crippen LogP contribution is -2.12. The Morgan fingerprint density at radius 3 is 3.00 bits per heavy atom. The van der Waals surface area contributed by atoms with E-state index < -0.39 is 0 Å². The van der Waals surface area contributed by atoms with E-state index in [0.29, 0.717) is 12.4 Å². The molecular weight excluding hydrogens is 288 g/mol. The Hall–Kier alpha value is -3.15. The molecule has 0 spiro atoms. The molecule has 0 bridgehead atoms. The molecule has 3 heterocycles. The predicted molar refractivity (Wildman–Crippen MR) is 93.0 cm³/mol. The van der Waals surface area contributed by atoms with Crippen molar-refractivity contribution in [2.75, 3.05) is 17.6 Å². The number of pyridine rings is 1. The summed E-state index contributed by atoms with van der Waals surface area (Å²) >= 11 is 0. The van der Waals surface area contributed by atoms with Crippen LogP contribution in [0.1, 0.15) is 6.42 Å². The van der Waals surface area contributed by atoms with E-state index in [2.05, 4.69) is 20.4 Å². The number of allylic oxidation sites excluding steroid dienone is 1. The summed E-state index contributed by atoms with van der Waals surface area (Å²) < 4.78 is 1.80. The quantitative estimate of drug-likeness (QED) is 0.776. The number of hydrogen-bond donors (Lipinski definition) is 2. The topological polar surface area (TPSA) is 81.1 Å². The van der Waals surface area contributed by atoms with Crippen molar-refractivity contribution in [3.05, 3.63) is 55.0 Å². The van der Waals surface area contributed by atoms with Gasteiger partial charge in [0.2, 0.25) is 0 Å². The minimum absolute atomic E-state index is 0.490. The van der Waals surface area contributed by atoms with E-state index in [0.717, 1.165) is 34.4 Å². The maximum Gasteiger partial charge on any atom is 0.126 e. The Bertz CT molecular complexity index is 908. The first-order valence-corrected chi connectivity index (χ1v) is 7.44. The number of rotatable bonds is 4. The van der Waals surface area contributed by atoms with E-state index in [1.54, 1.807) is 10.9 Å². The van der Waals surface area contributed by atoms with Crippen LogP contribution in [-0.4, -0.2) is 27.0 Å². The standard InChI is InChI=1S/C17H16N6/c18-17-10-15(20-11-12-3-1-6-19-12)14-5-4-13(9-16(14)22-17)23-8-2-7-21-23/h1-2,4-10H,3,11H2,(H3,18,20,22). The first-order chi connectivity index (χ1) is 11.3. The lowest BCUT2D eigenvalue weighted by atomic mass is 10.1. The summed E-state index contributed by atoms with van der Waals surface area (Å²) in [7, 11) is 0. The van der Waals surface area contributed by atoms with Crippen molar-refractivity contribution in [3.8, 4) is 5.69 Å². The van der Waals surface area contributed by atoms with Gasteiger partial charge in [0.15, 0.2) is 0 Å². The van der Waals surface area contributed by atoms with Gasteiger partial charge in [0.05, 0.1) is 17.7 Å². The molecule has 1 aromatic carbocycles. The van der Waals surface area contributed by atoms with Crippen LogP contribution in [0, 0.1) is 0 Å². The van der Waals surface area contributed by atoms with Crippen LogP contribution >= 0.6 is 0 Å². The van der Waals surface area contributed by atoms with Gasteiger partial charge in [-0.1, -0.05) is 6.08 Å². The number of fused-ring (bicyclic) bond motifs is 1. The summed E-state index contributed by atoms with van der Waals surface area (Å²) in [6.45, 7) is 0.701. The lowest BCUT2D eigenvalue weighted by Gasteiger charge is -2.12. The van der Waals surface area contributed by atoms with Gasteiger partial charge in [-0.05, 0) is 24.3 Å². The Kier molecular flexibility index (Phi) is 3.27. The molecule has 3 N–H and O–H groups in total. The number of benzene rings is 1. The van der Waals surface area contributed by atoms with E-state index in [1.165, 1.54) is 0 Å². The molecule has 0 atom stereocenters. The number of aromatic nitrogens is 3. The zero-order chi connectivity index (χ0) is 15.6. The van der Waals surface area contributed by atoms with Crippen LogP contribution in [0.25, 0.3) is 16.6 Å². The third-order valence-corrected chi connectivity index (χ3v) is 3.78. The average Bonchev–Trinajstić information content (AvgIpc) is 3.25. The number of anilines is 2. The van der Waals surface area contributed by atoms with Crippen molar-refractivity contribution in [2.24, 2.45) is 4.99 Å². The molecule has 0 radical (unpaired) electrons. The summed E-state index contributed by atoms with van der Waals surface area (Å²) in [4.78, 5) is 8.76. The van der Waals surface area contributed by atoms with Crippen molar-refractivity contribution in [2.45, 2.75) is 6.42 Å². The van der Waals surface area contributed by atoms with E-state index >= 15 is 0 Å². The molecular formula is C17H16N6. The SMILES string of the molecule is Nc1cc(NCC2=NC=CC2)c2ccc(-n3cccn3)cc2n1. The highest BCUT2D eigenvalue weighted by atomic mass is 15.3. The molecule has 2 aromatic heterocycles. The zero-order valence-electron chi connectivity index (χ0n) is 12.5. The molecule has 3 aromatic rings. The Labute approximate surface area is 133 Å². The molecule has 0 amide bonds. The van der Waals surface area contributed by atoms with Gasteiger partial charge in [-0.2, -0.15) is 5.10 Å². The molecule has 4 rings (SSSR count). The van der Waals surface area contributed by atoms with Crippen molar-refractivity contribution < 1.29 is 0 Å². The highest BCUT2D eigenvalue weighted by molar-refractivity contribution is 5.97. The van der Waals surface area contributed by atoms with Crippen LogP contribution in [0.3, 0.4) is 0 Å². The number of nitrogen functional groups attached to an aromatic ring is 1. The van der Waals surface area contributed by atoms with Crippen LogP contribution in [-0.2, 0) is 0 Å². The van der Waals surface area contributed by atoms with Crippen molar-refractivity contribution >= 4 is 28.1 Å². The van der Waals surface area contributed by atoms with Gasteiger partial charge in [-0.25, -0.2) is 9.67 Å². The van der Waals surface area contributed by atoms with E-state index in [1.807, 2.05) is 48.8 Å². The van der Waals surface area contributed by atoms with Crippen molar-refractivity contribution in [3.63, 3.8) is 0 Å². The third-order valence-electron chi connectivity index (χ3n) is 3.78. The Balaban J connectivity index is 1.70. The van der Waals surface area contributed by atoms with Crippen molar-refractivity contribution in [1.29, 1.82) is 0 Å². The summed E-state index contributed by atoms with van der Waals surface area (Å²) in [6, 6.07) is 9.79. The first-order valence-electron chi connectivity index (χ1n) is 7.44. The molecule has 0 fully saturated rings. The molecule has 0 saturated carbocycles. The van der Waals surface area contributed by atoms with Gasteiger partial charge in [-0.3, -0.25) is 4.99 Å². The van der Waals surface area contributed by atoms with Crippen LogP contribution < -0.4 is 11.1 Å². The summed E-state index contributed by atoms with van der Waals surface area (Å²) in [5.41, 5.74) is 9.83. The monoisotopic (exact) mass is 304 g/mol. The normalized spacial score (nSPS) is 13.5. The van der Waals surface area contributed by atoms with Gasteiger partial charge in [0, 0.05) is 47.9 Å². The maximum atomic E-state index is 5.96. The summed E-state index contributed by atoms with van der Waals surface area (Å²) in [6.07, 6.45) is 8.44. The smallest absolute Gasteiger partial charge is 0.126 e. The average molecular weight is 304 g/mol. The molecule has 0 saturated heterocycles. The van der Waals surface area contributed by atoms with Gasteiger partial charge in [0.1, 0.15) is 5.82 Å². The Morgan fingerprint density at radius 1 is 1.26 bits per heavy atom. The van der Waals surface area contributed by atoms with Gasteiger partial charge < -0.3 is 11.1 Å². The van der Waals surface area contributed by atoms with Crippen molar-refractivity contribution in [1.82, 2.24) is 14.8 Å². The molecule has 0 aliphatic carbocycles. The van der Waals surface area contributed by atoms with E-state index in [4.69, 9.17) is 5.73 Å². The fourth-order valence-electron chi connectivity index (χ4n) is 2.66. The predicted octanol–water partition coefficient (Wildman–Crippen LogP) is 2.77. The number of aliphatic imine (C=N–C) groups is 1. The second kappa shape index (κ2) is 5.57. The number of hydrogen-bond acceptors (Lipinski definition) is 5. The largest absolute Gasteiger partial charge is 0.384 e. The lowest BCUT2D eigenvalue weighted by molar-refractivity contribution is 0.882. The molecule has 1 aliphatic rings. The summed E-state index contributed by atoms with van der Waals surface area (Å²) in [5.74, 6) is 0.490. The first kappa shape index (κ1) is 13.5. The Morgan fingerprint density at radius 2 is 2.22 bits per heavy atom. The van der Waals surface area contributed by atoms with Crippen LogP contribution in [0.2, 0.25) is 0 Å². The number of nitrogens with zero attached hydrogens (tertiary/aromatic N) is 4. The fraction of sp³-hybridized carbons (Fsp3) is 0.118. The van der Waals surface area contributed by atoms with Crippen LogP contribution in [0.4, 0.5) is 11.5 Å². The highest BCUT2D eigenvalue weighted by Crippen LogP contribution is 2.26. The van der Waals surface area contributed by atoms with Crippen LogP contribution in [0.15, 0.2) is 60.0 Å². The second-order valence-electron chi connectivity index (χ2n) is 5.38. The molecule has 0 unspecified atom stereocenters. The number of nitrogens with two attached hydrogens (primary N) is 1. The van der Waals surface area contributed by atoms with Gasteiger partial charge in [-0.15, -0.1) is 0 Å². The zero-order valence-corrected chi connectivity index (χ0v) is 12.5. The maximum absolute atomic E-state index is 5.96. The second-order valence-corrected chi connectivity index (χ2v) is 5.38. The molecule has 1 aliphatic heterocycles. The van der Waals surface area contributed by atoms with E-state index in [9.17, 15) is 0 Å². The third kappa shape index (κ3) is 2.66. The summed E-state index contributed by atoms with van der Waals surface area (Å²) in [5, 5.41) is 8.69. The van der Waals surface area contributed by atoms with Gasteiger partial charge in [0.25, 0.3) is 0 Å². The molecule has 6 nitrogen and oxygen atoms in total. The molecule has 6 heteroatoms. The van der Waals surface area contributed by atoms with Crippen LogP contribution in [0.5, 0.6) is 0 Å². The van der Waals surface area contributed by atoms with E-state index in [-0.39, 0.29) is 0 Å². The minimum Gasteiger partial charge on any atom is -0.384 e. The fourth-order valence-corrected chi connectivity index (χ4v) is 2.66. The highest BCUT2D eigenvalue weighted by Gasteiger charge is 2.08. The van der Waals surface area contributed by atoms with Gasteiger partial charge >= 0.3 is 0 Å².